The SMILES string of the molecule is CCc1ccc(/C=C/C(=O)O[C@@H]2C[C@@](OC)(C(=O)O)CC[C@@H]2O)cc1C. The number of rotatable bonds is 6. The van der Waals surface area contributed by atoms with Gasteiger partial charge in [0, 0.05) is 19.6 Å². The number of carbonyl (C=O) groups is 2. The highest BCUT2D eigenvalue weighted by Gasteiger charge is 2.47. The minimum absolute atomic E-state index is 0.0795. The van der Waals surface area contributed by atoms with Crippen LogP contribution >= 0.6 is 0 Å². The summed E-state index contributed by atoms with van der Waals surface area (Å²) in [6.45, 7) is 4.10. The number of aliphatic carboxylic acids is 1. The van der Waals surface area contributed by atoms with Gasteiger partial charge in [-0.3, -0.25) is 0 Å². The Balaban J connectivity index is 2.03. The van der Waals surface area contributed by atoms with Crippen molar-refractivity contribution in [1.29, 1.82) is 0 Å². The molecule has 0 amide bonds. The smallest absolute Gasteiger partial charge is 0.336 e. The third-order valence-electron chi connectivity index (χ3n) is 5.01. The highest BCUT2D eigenvalue weighted by atomic mass is 16.6. The fourth-order valence-corrected chi connectivity index (χ4v) is 3.29. The molecule has 0 unspecified atom stereocenters. The number of esters is 1. The van der Waals surface area contributed by atoms with Crippen molar-refractivity contribution in [2.75, 3.05) is 7.11 Å². The summed E-state index contributed by atoms with van der Waals surface area (Å²) < 4.78 is 10.4. The summed E-state index contributed by atoms with van der Waals surface area (Å²) in [6.07, 6.45) is 2.35. The topological polar surface area (TPSA) is 93.1 Å². The molecule has 1 fully saturated rings. The summed E-state index contributed by atoms with van der Waals surface area (Å²) in [4.78, 5) is 23.6. The van der Waals surface area contributed by atoms with Crippen LogP contribution < -0.4 is 0 Å². The molecule has 3 atom stereocenters. The Morgan fingerprint density at radius 1 is 1.38 bits per heavy atom. The van der Waals surface area contributed by atoms with Crippen LogP contribution in [0.4, 0.5) is 0 Å². The quantitative estimate of drug-likeness (QED) is 0.597. The van der Waals surface area contributed by atoms with E-state index in [0.29, 0.717) is 0 Å². The maximum atomic E-state index is 12.1. The first-order chi connectivity index (χ1) is 12.3. The number of carbonyl (C=O) groups excluding carboxylic acids is 1. The molecule has 0 radical (unpaired) electrons. The van der Waals surface area contributed by atoms with Gasteiger partial charge in [0.05, 0.1) is 6.10 Å². The van der Waals surface area contributed by atoms with Crippen LogP contribution in [0, 0.1) is 6.92 Å². The molecule has 0 saturated heterocycles. The van der Waals surface area contributed by atoms with Crippen molar-refractivity contribution in [2.24, 2.45) is 0 Å². The van der Waals surface area contributed by atoms with Crippen LogP contribution in [-0.2, 0) is 25.5 Å². The Bertz CT molecular complexity index is 696. The normalized spacial score (nSPS) is 26.0. The van der Waals surface area contributed by atoms with E-state index >= 15 is 0 Å². The van der Waals surface area contributed by atoms with Gasteiger partial charge in [-0.25, -0.2) is 9.59 Å². The van der Waals surface area contributed by atoms with Gasteiger partial charge < -0.3 is 19.7 Å². The summed E-state index contributed by atoms with van der Waals surface area (Å²) in [5.41, 5.74) is 1.84. The number of benzene rings is 1. The Hall–Kier alpha value is -2.18. The first kappa shape index (κ1) is 20.1. The van der Waals surface area contributed by atoms with E-state index in [1.165, 1.54) is 18.7 Å². The average molecular weight is 362 g/mol. The molecule has 0 spiro atoms. The van der Waals surface area contributed by atoms with Gasteiger partial charge in [-0.1, -0.05) is 25.1 Å². The van der Waals surface area contributed by atoms with Crippen molar-refractivity contribution < 1.29 is 29.3 Å². The van der Waals surface area contributed by atoms with Gasteiger partial charge in [-0.05, 0) is 49.0 Å². The fraction of sp³-hybridized carbons (Fsp3) is 0.500. The summed E-state index contributed by atoms with van der Waals surface area (Å²) in [7, 11) is 1.31. The summed E-state index contributed by atoms with van der Waals surface area (Å²) in [5, 5.41) is 19.4. The molecule has 0 bridgehead atoms. The molecule has 6 nitrogen and oxygen atoms in total. The van der Waals surface area contributed by atoms with E-state index in [2.05, 4.69) is 6.92 Å². The van der Waals surface area contributed by atoms with Crippen molar-refractivity contribution in [3.63, 3.8) is 0 Å². The summed E-state index contributed by atoms with van der Waals surface area (Å²) >= 11 is 0. The second kappa shape index (κ2) is 8.47. The molecule has 1 aliphatic carbocycles. The van der Waals surface area contributed by atoms with Crippen LogP contribution in [0.15, 0.2) is 24.3 Å². The molecule has 142 valence electrons. The lowest BCUT2D eigenvalue weighted by Gasteiger charge is -2.38. The lowest BCUT2D eigenvalue weighted by atomic mass is 9.81. The molecule has 1 aliphatic rings. The lowest BCUT2D eigenvalue weighted by Crippen LogP contribution is -2.52. The number of ether oxygens (including phenoxy) is 2. The molecule has 1 aromatic rings. The second-order valence-electron chi connectivity index (χ2n) is 6.66. The Morgan fingerprint density at radius 2 is 2.12 bits per heavy atom. The van der Waals surface area contributed by atoms with E-state index in [1.54, 1.807) is 6.08 Å². The number of carboxylic acids is 1. The third kappa shape index (κ3) is 4.51. The standard InChI is InChI=1S/C20H26O6/c1-4-15-7-5-14(11-13(15)2)6-8-18(22)26-17-12-20(25-3,19(23)24)10-9-16(17)21/h5-8,11,16-17,21H,4,9-10,12H2,1-3H3,(H,23,24)/b8-6+/t16-,17+,20+/m0/s1. The number of aryl methyl sites for hydroxylation is 2. The van der Waals surface area contributed by atoms with Crippen LogP contribution in [0.3, 0.4) is 0 Å². The molecule has 2 rings (SSSR count). The monoisotopic (exact) mass is 362 g/mol. The van der Waals surface area contributed by atoms with Gasteiger partial charge in [-0.2, -0.15) is 0 Å². The van der Waals surface area contributed by atoms with Crippen molar-refractivity contribution in [3.8, 4) is 0 Å². The molecule has 26 heavy (non-hydrogen) atoms. The maximum absolute atomic E-state index is 12.1. The second-order valence-corrected chi connectivity index (χ2v) is 6.66. The largest absolute Gasteiger partial charge is 0.479 e. The van der Waals surface area contributed by atoms with Gasteiger partial charge in [0.1, 0.15) is 6.10 Å². The molecular formula is C20H26O6. The van der Waals surface area contributed by atoms with E-state index in [4.69, 9.17) is 9.47 Å². The number of aliphatic hydroxyl groups excluding tert-OH is 1. The molecule has 1 aromatic carbocycles. The Morgan fingerprint density at radius 3 is 2.69 bits per heavy atom. The molecule has 6 heteroatoms. The predicted molar refractivity (Wildman–Crippen MR) is 96.7 cm³/mol. The highest BCUT2D eigenvalue weighted by molar-refractivity contribution is 5.87. The summed E-state index contributed by atoms with van der Waals surface area (Å²) in [5.74, 6) is -1.74. The Labute approximate surface area is 153 Å². The van der Waals surface area contributed by atoms with Crippen molar-refractivity contribution in [3.05, 3.63) is 41.0 Å². The maximum Gasteiger partial charge on any atom is 0.336 e. The molecule has 0 aliphatic heterocycles. The lowest BCUT2D eigenvalue weighted by molar-refractivity contribution is -0.185. The first-order valence-corrected chi connectivity index (χ1v) is 8.76. The van der Waals surface area contributed by atoms with Crippen LogP contribution in [-0.4, -0.2) is 47.1 Å². The van der Waals surface area contributed by atoms with Crippen LogP contribution in [0.2, 0.25) is 0 Å². The average Bonchev–Trinajstić information content (AvgIpc) is 2.62. The third-order valence-corrected chi connectivity index (χ3v) is 5.01. The van der Waals surface area contributed by atoms with Gasteiger partial charge in [0.25, 0.3) is 0 Å². The van der Waals surface area contributed by atoms with E-state index in [9.17, 15) is 19.8 Å². The van der Waals surface area contributed by atoms with Crippen molar-refractivity contribution >= 4 is 18.0 Å². The number of hydrogen-bond acceptors (Lipinski definition) is 5. The van der Waals surface area contributed by atoms with Gasteiger partial charge in [0.15, 0.2) is 5.60 Å². The predicted octanol–water partition coefficient (Wildman–Crippen LogP) is 2.50. The minimum atomic E-state index is -1.43. The molecule has 2 N–H and O–H groups in total. The zero-order valence-corrected chi connectivity index (χ0v) is 15.4. The molecule has 0 aromatic heterocycles. The van der Waals surface area contributed by atoms with Gasteiger partial charge in [0.2, 0.25) is 0 Å². The number of methoxy groups -OCH3 is 1. The fourth-order valence-electron chi connectivity index (χ4n) is 3.29. The minimum Gasteiger partial charge on any atom is -0.479 e. The highest BCUT2D eigenvalue weighted by Crippen LogP contribution is 2.33. The van der Waals surface area contributed by atoms with Crippen LogP contribution in [0.25, 0.3) is 6.08 Å². The Kier molecular flexibility index (Phi) is 6.56. The number of hydrogen-bond donors (Lipinski definition) is 2. The molecule has 0 heterocycles. The molecular weight excluding hydrogens is 336 g/mol. The number of carboxylic acid groups (broad SMARTS) is 1. The van der Waals surface area contributed by atoms with E-state index in [1.807, 2.05) is 25.1 Å². The first-order valence-electron chi connectivity index (χ1n) is 8.76. The summed E-state index contributed by atoms with van der Waals surface area (Å²) in [6, 6.07) is 5.93. The van der Waals surface area contributed by atoms with Gasteiger partial charge in [-0.15, -0.1) is 0 Å². The van der Waals surface area contributed by atoms with E-state index < -0.39 is 29.7 Å². The van der Waals surface area contributed by atoms with E-state index in [0.717, 1.165) is 17.5 Å². The van der Waals surface area contributed by atoms with Gasteiger partial charge >= 0.3 is 11.9 Å². The number of aliphatic hydroxyl groups is 1. The van der Waals surface area contributed by atoms with Crippen molar-refractivity contribution in [1.82, 2.24) is 0 Å². The van der Waals surface area contributed by atoms with Crippen LogP contribution in [0.1, 0.15) is 42.9 Å². The van der Waals surface area contributed by atoms with E-state index in [-0.39, 0.29) is 19.3 Å². The van der Waals surface area contributed by atoms with Crippen LogP contribution in [0.5, 0.6) is 0 Å². The van der Waals surface area contributed by atoms with Crippen molar-refractivity contribution in [2.45, 2.75) is 57.3 Å². The zero-order chi connectivity index (χ0) is 19.3. The zero-order valence-electron chi connectivity index (χ0n) is 15.4. The molecule has 1 saturated carbocycles.